The number of unbranched alkanes of at least 4 members (excludes halogenated alkanes) is 4. The topological polar surface area (TPSA) is 0 Å². The normalized spacial score (nSPS) is 12.0. The van der Waals surface area contributed by atoms with Crippen LogP contribution in [0.1, 0.15) is 57.9 Å². The maximum atomic E-state index is 2.29. The lowest BCUT2D eigenvalue weighted by molar-refractivity contribution is 0.640. The van der Waals surface area contributed by atoms with Crippen molar-refractivity contribution in [1.82, 2.24) is 0 Å². The SMILES string of the molecule is C/C=C(/CCCCCCC)c1cccc2ccccc12. The van der Waals surface area contributed by atoms with Crippen molar-refractivity contribution in [2.75, 3.05) is 0 Å². The number of hydrogen-bond acceptors (Lipinski definition) is 0. The molecule has 0 saturated carbocycles. The second kappa shape index (κ2) is 7.89. The van der Waals surface area contributed by atoms with Crippen LogP contribution in [0.2, 0.25) is 0 Å². The summed E-state index contributed by atoms with van der Waals surface area (Å²) in [5.41, 5.74) is 2.92. The average molecular weight is 266 g/mol. The van der Waals surface area contributed by atoms with Gasteiger partial charge in [-0.15, -0.1) is 0 Å². The highest BCUT2D eigenvalue weighted by Gasteiger charge is 2.05. The van der Waals surface area contributed by atoms with E-state index in [-0.39, 0.29) is 0 Å². The summed E-state index contributed by atoms with van der Waals surface area (Å²) < 4.78 is 0. The molecule has 106 valence electrons. The van der Waals surface area contributed by atoms with Crippen LogP contribution >= 0.6 is 0 Å². The fourth-order valence-electron chi connectivity index (χ4n) is 2.86. The van der Waals surface area contributed by atoms with E-state index in [4.69, 9.17) is 0 Å². The van der Waals surface area contributed by atoms with Crippen LogP contribution in [0.3, 0.4) is 0 Å². The number of hydrogen-bond donors (Lipinski definition) is 0. The van der Waals surface area contributed by atoms with Crippen molar-refractivity contribution < 1.29 is 0 Å². The highest BCUT2D eigenvalue weighted by molar-refractivity contribution is 5.93. The van der Waals surface area contributed by atoms with Gasteiger partial charge in [-0.05, 0) is 41.7 Å². The van der Waals surface area contributed by atoms with Crippen LogP contribution in [0.4, 0.5) is 0 Å². The van der Waals surface area contributed by atoms with Crippen LogP contribution < -0.4 is 0 Å². The summed E-state index contributed by atoms with van der Waals surface area (Å²) >= 11 is 0. The maximum absolute atomic E-state index is 2.29. The first kappa shape index (κ1) is 14.8. The zero-order valence-corrected chi connectivity index (χ0v) is 12.9. The predicted octanol–water partition coefficient (Wildman–Crippen LogP) is 6.60. The summed E-state index contributed by atoms with van der Waals surface area (Å²) in [6.45, 7) is 4.44. The molecular formula is C20H26. The van der Waals surface area contributed by atoms with E-state index in [1.54, 1.807) is 0 Å². The van der Waals surface area contributed by atoms with E-state index in [0.29, 0.717) is 0 Å². The van der Waals surface area contributed by atoms with Gasteiger partial charge >= 0.3 is 0 Å². The zero-order valence-electron chi connectivity index (χ0n) is 12.9. The molecule has 2 rings (SSSR count). The third-order valence-corrected chi connectivity index (χ3v) is 4.03. The standard InChI is InChI=1S/C20H26/c1-3-5-6-7-8-12-17(4-2)19-16-11-14-18-13-9-10-15-20(18)19/h4,9-11,13-16H,3,5-8,12H2,1-2H3/b17-4-. The average Bonchev–Trinajstić information content (AvgIpc) is 2.51. The lowest BCUT2D eigenvalue weighted by atomic mass is 9.94. The summed E-state index contributed by atoms with van der Waals surface area (Å²) in [7, 11) is 0. The Bertz CT molecular complexity index is 558. The molecular weight excluding hydrogens is 240 g/mol. The van der Waals surface area contributed by atoms with Gasteiger partial charge in [-0.1, -0.05) is 81.1 Å². The molecule has 20 heavy (non-hydrogen) atoms. The van der Waals surface area contributed by atoms with Crippen molar-refractivity contribution >= 4 is 16.3 Å². The first-order valence-corrected chi connectivity index (χ1v) is 8.00. The maximum Gasteiger partial charge on any atom is -0.0109 e. The minimum Gasteiger partial charge on any atom is -0.0838 e. The molecule has 0 heterocycles. The van der Waals surface area contributed by atoms with Crippen molar-refractivity contribution in [2.24, 2.45) is 0 Å². The van der Waals surface area contributed by atoms with Crippen LogP contribution in [0.15, 0.2) is 48.5 Å². The molecule has 0 amide bonds. The lowest BCUT2D eigenvalue weighted by Gasteiger charge is -2.11. The molecule has 0 aliphatic heterocycles. The largest absolute Gasteiger partial charge is 0.0838 e. The molecule has 0 spiro atoms. The molecule has 0 aliphatic carbocycles. The van der Waals surface area contributed by atoms with Crippen molar-refractivity contribution in [3.8, 4) is 0 Å². The van der Waals surface area contributed by atoms with Gasteiger partial charge in [0.2, 0.25) is 0 Å². The summed E-state index contributed by atoms with van der Waals surface area (Å²) in [4.78, 5) is 0. The molecule has 0 radical (unpaired) electrons. The Morgan fingerprint density at radius 1 is 0.900 bits per heavy atom. The smallest absolute Gasteiger partial charge is 0.0109 e. The first-order valence-electron chi connectivity index (χ1n) is 8.00. The van der Waals surface area contributed by atoms with Crippen LogP contribution in [-0.4, -0.2) is 0 Å². The molecule has 0 N–H and O–H groups in total. The highest BCUT2D eigenvalue weighted by Crippen LogP contribution is 2.28. The molecule has 0 fully saturated rings. The van der Waals surface area contributed by atoms with Crippen molar-refractivity contribution in [3.05, 3.63) is 54.1 Å². The Labute approximate surface area is 123 Å². The molecule has 0 heteroatoms. The molecule has 0 nitrogen and oxygen atoms in total. The second-order valence-electron chi connectivity index (χ2n) is 5.50. The molecule has 0 bridgehead atoms. The van der Waals surface area contributed by atoms with Gasteiger partial charge in [-0.25, -0.2) is 0 Å². The van der Waals surface area contributed by atoms with E-state index in [9.17, 15) is 0 Å². The van der Waals surface area contributed by atoms with E-state index >= 15 is 0 Å². The fourth-order valence-corrected chi connectivity index (χ4v) is 2.86. The quantitative estimate of drug-likeness (QED) is 0.495. The Morgan fingerprint density at radius 3 is 2.45 bits per heavy atom. The second-order valence-corrected chi connectivity index (χ2v) is 5.50. The van der Waals surface area contributed by atoms with Gasteiger partial charge in [0, 0.05) is 0 Å². The van der Waals surface area contributed by atoms with Gasteiger partial charge in [0.25, 0.3) is 0 Å². The minimum absolute atomic E-state index is 1.20. The summed E-state index contributed by atoms with van der Waals surface area (Å²) in [5.74, 6) is 0. The van der Waals surface area contributed by atoms with Crippen molar-refractivity contribution in [3.63, 3.8) is 0 Å². The highest BCUT2D eigenvalue weighted by atomic mass is 14.1. The number of rotatable bonds is 7. The summed E-state index contributed by atoms with van der Waals surface area (Å²) in [6.07, 6.45) is 10.2. The number of benzene rings is 2. The molecule has 2 aromatic rings. The summed E-state index contributed by atoms with van der Waals surface area (Å²) in [6, 6.07) is 15.3. The van der Waals surface area contributed by atoms with Crippen molar-refractivity contribution in [1.29, 1.82) is 0 Å². The molecule has 0 atom stereocenters. The van der Waals surface area contributed by atoms with Crippen LogP contribution in [-0.2, 0) is 0 Å². The van der Waals surface area contributed by atoms with E-state index in [2.05, 4.69) is 62.4 Å². The van der Waals surface area contributed by atoms with Gasteiger partial charge in [0.15, 0.2) is 0 Å². The minimum atomic E-state index is 1.20. The molecule has 0 saturated heterocycles. The third-order valence-electron chi connectivity index (χ3n) is 4.03. The Kier molecular flexibility index (Phi) is 5.86. The zero-order chi connectivity index (χ0) is 14.2. The van der Waals surface area contributed by atoms with Gasteiger partial charge in [0.05, 0.1) is 0 Å². The molecule has 0 aliphatic rings. The molecule has 2 aromatic carbocycles. The van der Waals surface area contributed by atoms with E-state index in [1.807, 2.05) is 0 Å². The molecule has 0 unspecified atom stereocenters. The predicted molar refractivity (Wildman–Crippen MR) is 91.0 cm³/mol. The van der Waals surface area contributed by atoms with Crippen LogP contribution in [0, 0.1) is 0 Å². The Hall–Kier alpha value is -1.56. The Morgan fingerprint density at radius 2 is 1.65 bits per heavy atom. The van der Waals surface area contributed by atoms with Gasteiger partial charge in [-0.3, -0.25) is 0 Å². The monoisotopic (exact) mass is 266 g/mol. The van der Waals surface area contributed by atoms with E-state index in [1.165, 1.54) is 60.4 Å². The van der Waals surface area contributed by atoms with E-state index < -0.39 is 0 Å². The molecule has 0 aromatic heterocycles. The van der Waals surface area contributed by atoms with E-state index in [0.717, 1.165) is 0 Å². The number of fused-ring (bicyclic) bond motifs is 1. The lowest BCUT2D eigenvalue weighted by Crippen LogP contribution is -1.88. The van der Waals surface area contributed by atoms with Crippen LogP contribution in [0.5, 0.6) is 0 Å². The first-order chi connectivity index (χ1) is 9.86. The fraction of sp³-hybridized carbons (Fsp3) is 0.400. The van der Waals surface area contributed by atoms with Gasteiger partial charge < -0.3 is 0 Å². The van der Waals surface area contributed by atoms with Crippen molar-refractivity contribution in [2.45, 2.75) is 52.4 Å². The number of allylic oxidation sites excluding steroid dienone is 2. The Balaban J connectivity index is 2.10. The third kappa shape index (κ3) is 3.72. The van der Waals surface area contributed by atoms with Gasteiger partial charge in [0.1, 0.15) is 0 Å². The van der Waals surface area contributed by atoms with Gasteiger partial charge in [-0.2, -0.15) is 0 Å². The summed E-state index contributed by atoms with van der Waals surface area (Å²) in [5, 5.41) is 2.73. The van der Waals surface area contributed by atoms with Crippen LogP contribution in [0.25, 0.3) is 16.3 Å².